The molecule has 1 aromatic rings. The normalized spacial score (nSPS) is 22.1. The minimum Gasteiger partial charge on any atom is -0.356 e. The van der Waals surface area contributed by atoms with Crippen LogP contribution in [0, 0.1) is 29.0 Å². The van der Waals surface area contributed by atoms with E-state index in [1.165, 1.54) is 29.2 Å². The Labute approximate surface area is 191 Å². The molecule has 1 aliphatic heterocycles. The van der Waals surface area contributed by atoms with Crippen LogP contribution in [0.15, 0.2) is 24.3 Å². The van der Waals surface area contributed by atoms with E-state index in [2.05, 4.69) is 16.0 Å². The van der Waals surface area contributed by atoms with E-state index in [-0.39, 0.29) is 42.8 Å². The second kappa shape index (κ2) is 10.9. The third-order valence-electron chi connectivity index (χ3n) is 6.24. The number of hydrogen-bond acceptors (Lipinski definition) is 5. The summed E-state index contributed by atoms with van der Waals surface area (Å²) in [7, 11) is 0. The third kappa shape index (κ3) is 5.66. The molecule has 3 N–H and O–H groups in total. The number of carbonyl (C=O) groups excluding carboxylic acids is 4. The summed E-state index contributed by atoms with van der Waals surface area (Å²) in [4.78, 5) is 51.6. The monoisotopic (exact) mass is 457 g/mol. The molecule has 0 unspecified atom stereocenters. The first-order valence-electron chi connectivity index (χ1n) is 11.2. The van der Waals surface area contributed by atoms with Gasteiger partial charge in [0, 0.05) is 19.5 Å². The van der Waals surface area contributed by atoms with Gasteiger partial charge in [-0.3, -0.25) is 19.2 Å². The Kier molecular flexibility index (Phi) is 7.98. The SMILES string of the molecule is CCNC(=O)CC[C@@H](C#N)NC(=O)[C@@H]1[C@H]2CCC[C@H]2CN1C(=O)C(=O)Nc1ccccc1F. The molecule has 1 aliphatic carbocycles. The van der Waals surface area contributed by atoms with Crippen LogP contribution in [0.2, 0.25) is 0 Å². The van der Waals surface area contributed by atoms with Gasteiger partial charge in [-0.15, -0.1) is 0 Å². The van der Waals surface area contributed by atoms with Crippen molar-refractivity contribution in [2.24, 2.45) is 11.8 Å². The number of carbonyl (C=O) groups is 4. The van der Waals surface area contributed by atoms with E-state index in [1.54, 1.807) is 6.92 Å². The fourth-order valence-electron chi connectivity index (χ4n) is 4.71. The van der Waals surface area contributed by atoms with Crippen molar-refractivity contribution in [1.29, 1.82) is 5.26 Å². The van der Waals surface area contributed by atoms with Crippen LogP contribution in [0.1, 0.15) is 39.0 Å². The molecule has 1 aromatic carbocycles. The molecule has 4 amide bonds. The molecule has 4 atom stereocenters. The summed E-state index contributed by atoms with van der Waals surface area (Å²) in [6.07, 6.45) is 2.71. The van der Waals surface area contributed by atoms with Crippen molar-refractivity contribution < 1.29 is 23.6 Å². The lowest BCUT2D eigenvalue weighted by Crippen LogP contribution is -2.53. The lowest BCUT2D eigenvalue weighted by molar-refractivity contribution is -0.146. The summed E-state index contributed by atoms with van der Waals surface area (Å²) in [5.74, 6) is -3.37. The first-order valence-corrected chi connectivity index (χ1v) is 11.2. The largest absolute Gasteiger partial charge is 0.356 e. The molecule has 0 spiro atoms. The minimum atomic E-state index is -1.02. The second-order valence-electron chi connectivity index (χ2n) is 8.37. The maximum atomic E-state index is 13.9. The van der Waals surface area contributed by atoms with Crippen molar-refractivity contribution in [3.05, 3.63) is 30.1 Å². The maximum Gasteiger partial charge on any atom is 0.314 e. The summed E-state index contributed by atoms with van der Waals surface area (Å²) < 4.78 is 13.9. The zero-order valence-corrected chi connectivity index (χ0v) is 18.5. The van der Waals surface area contributed by atoms with Gasteiger partial charge in [0.05, 0.1) is 11.8 Å². The van der Waals surface area contributed by atoms with Crippen LogP contribution in [-0.4, -0.2) is 53.7 Å². The van der Waals surface area contributed by atoms with Crippen molar-refractivity contribution in [2.75, 3.05) is 18.4 Å². The Morgan fingerprint density at radius 2 is 2.00 bits per heavy atom. The van der Waals surface area contributed by atoms with Crippen LogP contribution in [0.4, 0.5) is 10.1 Å². The van der Waals surface area contributed by atoms with Gasteiger partial charge in [0.15, 0.2) is 0 Å². The average molecular weight is 458 g/mol. The summed E-state index contributed by atoms with van der Waals surface area (Å²) in [5.41, 5.74) is -0.119. The van der Waals surface area contributed by atoms with Crippen molar-refractivity contribution in [3.63, 3.8) is 0 Å². The summed E-state index contributed by atoms with van der Waals surface area (Å²) in [6.45, 7) is 2.51. The molecule has 1 saturated carbocycles. The van der Waals surface area contributed by atoms with Crippen LogP contribution >= 0.6 is 0 Å². The van der Waals surface area contributed by atoms with Gasteiger partial charge in [-0.05, 0) is 50.2 Å². The number of rotatable bonds is 7. The quantitative estimate of drug-likeness (QED) is 0.532. The number of anilines is 1. The van der Waals surface area contributed by atoms with Gasteiger partial charge in [0.1, 0.15) is 17.9 Å². The van der Waals surface area contributed by atoms with Crippen LogP contribution in [-0.2, 0) is 19.2 Å². The Morgan fingerprint density at radius 1 is 1.24 bits per heavy atom. The van der Waals surface area contributed by atoms with Gasteiger partial charge in [-0.1, -0.05) is 18.6 Å². The molecule has 0 bridgehead atoms. The highest BCUT2D eigenvalue weighted by atomic mass is 19.1. The Bertz CT molecular complexity index is 962. The third-order valence-corrected chi connectivity index (χ3v) is 6.24. The Morgan fingerprint density at radius 3 is 2.70 bits per heavy atom. The standard InChI is InChI=1S/C23H28FN5O4/c1-2-26-19(30)11-10-15(12-25)27-21(31)20-16-7-5-6-14(16)13-29(20)23(33)22(32)28-18-9-4-3-8-17(18)24/h3-4,8-9,14-16,20H,2,5-7,10-11,13H2,1H3,(H,26,30)(H,27,31)(H,28,32)/t14-,15-,16-,20-/m0/s1. The highest BCUT2D eigenvalue weighted by Crippen LogP contribution is 2.42. The number of nitrogens with zero attached hydrogens (tertiary/aromatic N) is 2. The number of nitriles is 1. The number of para-hydroxylation sites is 1. The van der Waals surface area contributed by atoms with Gasteiger partial charge in [0.2, 0.25) is 11.8 Å². The molecule has 9 nitrogen and oxygen atoms in total. The molecule has 0 aromatic heterocycles. The molecule has 2 fully saturated rings. The van der Waals surface area contributed by atoms with E-state index in [0.29, 0.717) is 6.54 Å². The van der Waals surface area contributed by atoms with Gasteiger partial charge in [0.25, 0.3) is 0 Å². The molecular formula is C23H28FN5O4. The predicted molar refractivity (Wildman–Crippen MR) is 117 cm³/mol. The van der Waals surface area contributed by atoms with Crippen LogP contribution in [0.5, 0.6) is 0 Å². The number of amides is 4. The molecule has 176 valence electrons. The maximum absolute atomic E-state index is 13.9. The first-order chi connectivity index (χ1) is 15.8. The fraction of sp³-hybridized carbons (Fsp3) is 0.522. The van der Waals surface area contributed by atoms with Crippen LogP contribution in [0.3, 0.4) is 0 Å². The highest BCUT2D eigenvalue weighted by molar-refractivity contribution is 6.40. The van der Waals surface area contributed by atoms with E-state index < -0.39 is 35.6 Å². The minimum absolute atomic E-state index is 0.0801. The lowest BCUT2D eigenvalue weighted by atomic mass is 9.93. The molecular weight excluding hydrogens is 429 g/mol. The second-order valence-corrected chi connectivity index (χ2v) is 8.37. The van der Waals surface area contributed by atoms with Gasteiger partial charge >= 0.3 is 11.8 Å². The van der Waals surface area contributed by atoms with E-state index in [9.17, 15) is 28.8 Å². The number of benzene rings is 1. The first kappa shape index (κ1) is 24.2. The van der Waals surface area contributed by atoms with Gasteiger partial charge in [-0.2, -0.15) is 5.26 Å². The predicted octanol–water partition coefficient (Wildman–Crippen LogP) is 1.32. The number of halogens is 1. The Hall–Kier alpha value is -3.48. The molecule has 3 rings (SSSR count). The number of hydrogen-bond donors (Lipinski definition) is 3. The molecule has 1 saturated heterocycles. The van der Waals surface area contributed by atoms with E-state index in [1.807, 2.05) is 6.07 Å². The van der Waals surface area contributed by atoms with E-state index >= 15 is 0 Å². The summed E-state index contributed by atoms with van der Waals surface area (Å²) in [6, 6.07) is 5.70. The lowest BCUT2D eigenvalue weighted by Gasteiger charge is -2.27. The van der Waals surface area contributed by atoms with Crippen molar-refractivity contribution >= 4 is 29.3 Å². The molecule has 1 heterocycles. The van der Waals surface area contributed by atoms with Crippen molar-refractivity contribution in [2.45, 2.75) is 51.1 Å². The van der Waals surface area contributed by atoms with Crippen LogP contribution in [0.25, 0.3) is 0 Å². The van der Waals surface area contributed by atoms with Gasteiger partial charge in [-0.25, -0.2) is 4.39 Å². The zero-order chi connectivity index (χ0) is 24.0. The van der Waals surface area contributed by atoms with E-state index in [4.69, 9.17) is 0 Å². The number of likely N-dealkylation sites (tertiary alicyclic amines) is 1. The number of fused-ring (bicyclic) bond motifs is 1. The van der Waals surface area contributed by atoms with Crippen LogP contribution < -0.4 is 16.0 Å². The fourth-order valence-corrected chi connectivity index (χ4v) is 4.71. The summed E-state index contributed by atoms with van der Waals surface area (Å²) in [5, 5.41) is 17.0. The summed E-state index contributed by atoms with van der Waals surface area (Å²) >= 11 is 0. The molecule has 0 radical (unpaired) electrons. The van der Waals surface area contributed by atoms with E-state index in [0.717, 1.165) is 19.3 Å². The highest BCUT2D eigenvalue weighted by Gasteiger charge is 2.50. The number of nitrogens with one attached hydrogen (secondary N) is 3. The van der Waals surface area contributed by atoms with Crippen molar-refractivity contribution in [1.82, 2.24) is 15.5 Å². The zero-order valence-electron chi connectivity index (χ0n) is 18.5. The average Bonchev–Trinajstić information content (AvgIpc) is 3.39. The Balaban J connectivity index is 1.69. The molecule has 33 heavy (non-hydrogen) atoms. The van der Waals surface area contributed by atoms with Gasteiger partial charge < -0.3 is 20.9 Å². The van der Waals surface area contributed by atoms with Crippen molar-refractivity contribution in [3.8, 4) is 6.07 Å². The molecule has 2 aliphatic rings. The topological polar surface area (TPSA) is 131 Å². The molecule has 10 heteroatoms. The smallest absolute Gasteiger partial charge is 0.314 e.